The smallest absolute Gasteiger partial charge is 0.244 e. The summed E-state index contributed by atoms with van der Waals surface area (Å²) in [6.45, 7) is 6.11. The van der Waals surface area contributed by atoms with Crippen molar-refractivity contribution in [2.24, 2.45) is 5.73 Å². The van der Waals surface area contributed by atoms with E-state index in [1.165, 1.54) is 26.8 Å². The highest BCUT2D eigenvalue weighted by Gasteiger charge is 1.96. The Bertz CT molecular complexity index is 250. The minimum Gasteiger partial charge on any atom is -0.366 e. The van der Waals surface area contributed by atoms with Gasteiger partial charge in [0.15, 0.2) is 0 Å². The van der Waals surface area contributed by atoms with Crippen molar-refractivity contribution in [3.63, 3.8) is 0 Å². The zero-order valence-corrected chi connectivity index (χ0v) is 9.09. The monoisotopic (exact) mass is 199 g/mol. The molecule has 0 saturated carbocycles. The lowest BCUT2D eigenvalue weighted by molar-refractivity contribution is -0.116. The van der Waals surface area contributed by atoms with Gasteiger partial charge in [0.1, 0.15) is 11.6 Å². The summed E-state index contributed by atoms with van der Waals surface area (Å²) in [5, 5.41) is 0. The lowest BCUT2D eigenvalue weighted by Gasteiger charge is -1.90. The molecule has 0 aliphatic heterocycles. The fourth-order valence-electron chi connectivity index (χ4n) is 0.397. The van der Waals surface area contributed by atoms with Gasteiger partial charge in [-0.1, -0.05) is 6.08 Å². The van der Waals surface area contributed by atoms with Crippen LogP contribution in [0.4, 0.5) is 0 Å². The Hall–Kier alpha value is -1.45. The summed E-state index contributed by atoms with van der Waals surface area (Å²) < 4.78 is 0. The average Bonchev–Trinajstić information content (AvgIpc) is 1.98. The van der Waals surface area contributed by atoms with Crippen LogP contribution >= 0.6 is 0 Å². The number of primary amides is 1. The molecule has 0 unspecified atom stereocenters. The number of ketones is 2. The van der Waals surface area contributed by atoms with E-state index in [0.717, 1.165) is 0 Å². The van der Waals surface area contributed by atoms with Gasteiger partial charge in [-0.2, -0.15) is 0 Å². The number of amides is 1. The fraction of sp³-hybridized carbons (Fsp3) is 0.500. The van der Waals surface area contributed by atoms with E-state index >= 15 is 0 Å². The Morgan fingerprint density at radius 3 is 1.64 bits per heavy atom. The highest BCUT2D eigenvalue weighted by atomic mass is 16.1. The highest BCUT2D eigenvalue weighted by Crippen LogP contribution is 1.93. The van der Waals surface area contributed by atoms with Crippen molar-refractivity contribution in [1.29, 1.82) is 0 Å². The minimum absolute atomic E-state index is 0.0283. The molecule has 4 nitrogen and oxygen atoms in total. The van der Waals surface area contributed by atoms with E-state index in [2.05, 4.69) is 0 Å². The minimum atomic E-state index is -0.471. The molecule has 0 bridgehead atoms. The van der Waals surface area contributed by atoms with E-state index in [1.54, 1.807) is 6.92 Å². The van der Waals surface area contributed by atoms with Gasteiger partial charge in [0, 0.05) is 12.0 Å². The largest absolute Gasteiger partial charge is 0.366 e. The van der Waals surface area contributed by atoms with Crippen LogP contribution in [0.2, 0.25) is 0 Å². The maximum absolute atomic E-state index is 10.4. The van der Waals surface area contributed by atoms with Crippen LogP contribution in [-0.2, 0) is 14.4 Å². The van der Waals surface area contributed by atoms with Gasteiger partial charge in [0.25, 0.3) is 0 Å². The van der Waals surface area contributed by atoms with Crippen LogP contribution in [0.3, 0.4) is 0 Å². The number of Topliss-reactive ketones (excluding diaryl/α,β-unsaturated/α-hetero) is 2. The van der Waals surface area contributed by atoms with Gasteiger partial charge in [-0.25, -0.2) is 0 Å². The number of carbonyl (C=O) groups excluding carboxylic acids is 3. The molecular formula is C10H17NO3. The first-order chi connectivity index (χ1) is 6.27. The molecule has 0 aromatic rings. The van der Waals surface area contributed by atoms with Crippen LogP contribution in [0.1, 0.15) is 34.1 Å². The van der Waals surface area contributed by atoms with E-state index in [9.17, 15) is 14.4 Å². The Labute approximate surface area is 84.2 Å². The van der Waals surface area contributed by atoms with E-state index in [1.807, 2.05) is 0 Å². The van der Waals surface area contributed by atoms with E-state index in [0.29, 0.717) is 5.57 Å². The molecule has 14 heavy (non-hydrogen) atoms. The molecule has 0 heterocycles. The van der Waals surface area contributed by atoms with Crippen LogP contribution in [0, 0.1) is 0 Å². The van der Waals surface area contributed by atoms with Gasteiger partial charge >= 0.3 is 0 Å². The summed E-state index contributed by atoms with van der Waals surface area (Å²) in [7, 11) is 0. The second-order valence-corrected chi connectivity index (χ2v) is 3.07. The zero-order chi connectivity index (χ0) is 11.7. The summed E-state index contributed by atoms with van der Waals surface area (Å²) in [6, 6.07) is 0. The van der Waals surface area contributed by atoms with Crippen molar-refractivity contribution in [2.75, 3.05) is 0 Å². The topological polar surface area (TPSA) is 77.2 Å². The van der Waals surface area contributed by atoms with Crippen molar-refractivity contribution in [2.45, 2.75) is 34.1 Å². The van der Waals surface area contributed by atoms with Gasteiger partial charge in [0.2, 0.25) is 5.91 Å². The Balaban J connectivity index is 0. The molecule has 0 aliphatic rings. The Morgan fingerprint density at radius 1 is 1.07 bits per heavy atom. The maximum Gasteiger partial charge on any atom is 0.244 e. The molecule has 0 saturated heterocycles. The standard InChI is InChI=1S/C7H11NO2.C3H6O/c1-5(7(8)10)3-4-6(2)9;1-3(2)4/h3H,4H2,1-2H3,(H2,8,10);1-2H3. The first kappa shape index (κ1) is 15.0. The number of hydrogen-bond donors (Lipinski definition) is 1. The molecule has 0 fully saturated rings. The summed E-state index contributed by atoms with van der Waals surface area (Å²) >= 11 is 0. The third-order valence-corrected chi connectivity index (χ3v) is 1.08. The Kier molecular flexibility index (Phi) is 8.77. The van der Waals surface area contributed by atoms with Crippen LogP contribution in [0.25, 0.3) is 0 Å². The molecular weight excluding hydrogens is 182 g/mol. The van der Waals surface area contributed by atoms with Gasteiger partial charge in [0.05, 0.1) is 0 Å². The molecule has 1 amide bonds. The second-order valence-electron chi connectivity index (χ2n) is 3.07. The van der Waals surface area contributed by atoms with Crippen LogP contribution in [-0.4, -0.2) is 17.5 Å². The highest BCUT2D eigenvalue weighted by molar-refractivity contribution is 5.92. The summed E-state index contributed by atoms with van der Waals surface area (Å²) in [5.74, 6) is -0.276. The third kappa shape index (κ3) is 16.9. The van der Waals surface area contributed by atoms with Crippen LogP contribution < -0.4 is 5.73 Å². The summed E-state index contributed by atoms with van der Waals surface area (Å²) in [4.78, 5) is 30.2. The average molecular weight is 199 g/mol. The van der Waals surface area contributed by atoms with Crippen molar-refractivity contribution in [3.8, 4) is 0 Å². The second kappa shape index (κ2) is 8.16. The molecule has 4 heteroatoms. The summed E-state index contributed by atoms with van der Waals surface area (Å²) in [6.07, 6.45) is 1.82. The lowest BCUT2D eigenvalue weighted by Crippen LogP contribution is -2.11. The molecule has 80 valence electrons. The van der Waals surface area contributed by atoms with Crippen LogP contribution in [0.15, 0.2) is 11.6 Å². The molecule has 0 rings (SSSR count). The van der Waals surface area contributed by atoms with Gasteiger partial charge in [-0.05, 0) is 27.7 Å². The van der Waals surface area contributed by atoms with Gasteiger partial charge in [-0.15, -0.1) is 0 Å². The SMILES string of the molecule is CC(=O)CC=C(C)C(N)=O.CC(C)=O. The zero-order valence-electron chi connectivity index (χ0n) is 9.09. The molecule has 0 aromatic carbocycles. The summed E-state index contributed by atoms with van der Waals surface area (Å²) in [5.41, 5.74) is 5.34. The number of carbonyl (C=O) groups is 3. The van der Waals surface area contributed by atoms with E-state index in [4.69, 9.17) is 5.73 Å². The third-order valence-electron chi connectivity index (χ3n) is 1.08. The molecule has 2 N–H and O–H groups in total. The first-order valence-corrected chi connectivity index (χ1v) is 4.20. The maximum atomic E-state index is 10.4. The van der Waals surface area contributed by atoms with Crippen molar-refractivity contribution < 1.29 is 14.4 Å². The lowest BCUT2D eigenvalue weighted by atomic mass is 10.2. The molecule has 0 radical (unpaired) electrons. The van der Waals surface area contributed by atoms with Crippen molar-refractivity contribution in [1.82, 2.24) is 0 Å². The Morgan fingerprint density at radius 2 is 1.43 bits per heavy atom. The van der Waals surface area contributed by atoms with Gasteiger partial charge in [-0.3, -0.25) is 9.59 Å². The molecule has 0 atom stereocenters. The number of nitrogens with two attached hydrogens (primary N) is 1. The normalized spacial score (nSPS) is 9.86. The fourth-order valence-corrected chi connectivity index (χ4v) is 0.397. The van der Waals surface area contributed by atoms with Gasteiger partial charge < -0.3 is 10.5 Å². The van der Waals surface area contributed by atoms with Crippen molar-refractivity contribution in [3.05, 3.63) is 11.6 Å². The predicted molar refractivity (Wildman–Crippen MR) is 54.6 cm³/mol. The predicted octanol–water partition coefficient (Wildman–Crippen LogP) is 0.992. The van der Waals surface area contributed by atoms with E-state index in [-0.39, 0.29) is 18.0 Å². The van der Waals surface area contributed by atoms with Crippen LogP contribution in [0.5, 0.6) is 0 Å². The number of hydrogen-bond acceptors (Lipinski definition) is 3. The quantitative estimate of drug-likeness (QED) is 0.688. The van der Waals surface area contributed by atoms with E-state index < -0.39 is 5.91 Å². The molecule has 0 spiro atoms. The number of allylic oxidation sites excluding steroid dienone is 1. The molecule has 0 aliphatic carbocycles. The molecule has 0 aromatic heterocycles. The first-order valence-electron chi connectivity index (χ1n) is 4.20. The van der Waals surface area contributed by atoms with Crippen molar-refractivity contribution >= 4 is 17.5 Å². The number of rotatable bonds is 3.